The number of unbranched alkanes of at least 4 members (excludes halogenated alkanes) is 26. The van der Waals surface area contributed by atoms with E-state index in [9.17, 15) is 30.3 Å². The van der Waals surface area contributed by atoms with Crippen molar-refractivity contribution in [3.05, 3.63) is 60.8 Å². The molecule has 1 rings (SSSR count). The third-order valence-corrected chi connectivity index (χ3v) is 12.3. The van der Waals surface area contributed by atoms with Crippen LogP contribution >= 0.6 is 0 Å². The standard InChI is InChI=1S/C55H99NO8/c1-3-5-7-9-11-13-15-17-19-21-23-24-25-26-27-29-31-33-35-37-39-41-43-45-51(59)56-48(47-63-55-54(62)53(61)52(60)50(46-57)64-55)49(58)44-42-40-38-36-34-32-30-28-22-20-18-16-14-12-10-8-6-4-2/h15,17,21-23,28,34,36,42,44,48-50,52-55,57-58,60-62H,3-14,16,18-20,24-27,29-33,35,37-41,43,45-47H2,1-2H3,(H,56,59)/b17-15-,23-21-,28-22+,36-34+,44-42+. The Morgan fingerprint density at radius 1 is 0.531 bits per heavy atom. The molecule has 1 fully saturated rings. The van der Waals surface area contributed by atoms with Crippen LogP contribution < -0.4 is 5.32 Å². The van der Waals surface area contributed by atoms with E-state index in [0.29, 0.717) is 6.42 Å². The van der Waals surface area contributed by atoms with Gasteiger partial charge in [0.15, 0.2) is 6.29 Å². The fourth-order valence-corrected chi connectivity index (χ4v) is 8.04. The van der Waals surface area contributed by atoms with Gasteiger partial charge in [-0.25, -0.2) is 0 Å². The van der Waals surface area contributed by atoms with E-state index in [1.165, 1.54) is 154 Å². The van der Waals surface area contributed by atoms with Crippen molar-refractivity contribution in [2.75, 3.05) is 13.2 Å². The molecule has 7 atom stereocenters. The van der Waals surface area contributed by atoms with Gasteiger partial charge in [0.1, 0.15) is 24.4 Å². The molecule has 1 saturated heterocycles. The lowest BCUT2D eigenvalue weighted by Crippen LogP contribution is -2.60. The number of ether oxygens (including phenoxy) is 2. The Morgan fingerprint density at radius 2 is 0.938 bits per heavy atom. The SMILES string of the molecule is CCCCCCC/C=C\C/C=C\CCCCCCCCCCCCCC(=O)NC(COC1OC(CO)C(O)C(O)C1O)C(O)/C=C/CC/C=C/CC/C=C/CCCCCCCCCC. The quantitative estimate of drug-likeness (QED) is 0.0262. The molecule has 7 unspecified atom stereocenters. The highest BCUT2D eigenvalue weighted by molar-refractivity contribution is 5.76. The number of nitrogens with one attached hydrogen (secondary N) is 1. The summed E-state index contributed by atoms with van der Waals surface area (Å²) in [6, 6.07) is -0.831. The summed E-state index contributed by atoms with van der Waals surface area (Å²) >= 11 is 0. The topological polar surface area (TPSA) is 149 Å². The second-order valence-corrected chi connectivity index (χ2v) is 18.3. The molecule has 0 bridgehead atoms. The molecule has 0 aromatic carbocycles. The van der Waals surface area contributed by atoms with Crippen LogP contribution in [0.15, 0.2) is 60.8 Å². The highest BCUT2D eigenvalue weighted by Gasteiger charge is 2.44. The molecule has 1 aliphatic rings. The maximum Gasteiger partial charge on any atom is 0.220 e. The minimum absolute atomic E-state index is 0.194. The number of hydrogen-bond acceptors (Lipinski definition) is 8. The summed E-state index contributed by atoms with van der Waals surface area (Å²) in [5.74, 6) is -0.194. The van der Waals surface area contributed by atoms with Gasteiger partial charge in [0.05, 0.1) is 25.4 Å². The number of carbonyl (C=O) groups excluding carboxylic acids is 1. The Morgan fingerprint density at radius 3 is 1.41 bits per heavy atom. The lowest BCUT2D eigenvalue weighted by Gasteiger charge is -2.40. The molecular weight excluding hydrogens is 803 g/mol. The van der Waals surface area contributed by atoms with Crippen molar-refractivity contribution in [1.82, 2.24) is 5.32 Å². The molecular formula is C55H99NO8. The van der Waals surface area contributed by atoms with Crippen LogP contribution in [0.25, 0.3) is 0 Å². The number of carbonyl (C=O) groups is 1. The average Bonchev–Trinajstić information content (AvgIpc) is 3.29. The summed E-state index contributed by atoms with van der Waals surface area (Å²) in [6.07, 6.45) is 52.7. The lowest BCUT2D eigenvalue weighted by molar-refractivity contribution is -0.302. The number of rotatable bonds is 44. The van der Waals surface area contributed by atoms with Crippen LogP contribution in [-0.4, -0.2) is 87.5 Å². The fraction of sp³-hybridized carbons (Fsp3) is 0.800. The summed E-state index contributed by atoms with van der Waals surface area (Å²) < 4.78 is 11.2. The van der Waals surface area contributed by atoms with Crippen LogP contribution in [0.5, 0.6) is 0 Å². The van der Waals surface area contributed by atoms with Crippen LogP contribution in [0.3, 0.4) is 0 Å². The van der Waals surface area contributed by atoms with Gasteiger partial charge < -0.3 is 40.3 Å². The number of allylic oxidation sites excluding steroid dienone is 9. The van der Waals surface area contributed by atoms with E-state index >= 15 is 0 Å². The molecule has 0 saturated carbocycles. The third kappa shape index (κ3) is 34.2. The average molecular weight is 902 g/mol. The van der Waals surface area contributed by atoms with E-state index in [0.717, 1.165) is 51.4 Å². The van der Waals surface area contributed by atoms with Gasteiger partial charge in [0.2, 0.25) is 5.91 Å². The van der Waals surface area contributed by atoms with Crippen LogP contribution in [0.2, 0.25) is 0 Å². The monoisotopic (exact) mass is 902 g/mol. The van der Waals surface area contributed by atoms with Gasteiger partial charge >= 0.3 is 0 Å². The van der Waals surface area contributed by atoms with E-state index in [1.54, 1.807) is 6.08 Å². The van der Waals surface area contributed by atoms with Crippen LogP contribution in [0.4, 0.5) is 0 Å². The van der Waals surface area contributed by atoms with Crippen molar-refractivity contribution in [3.8, 4) is 0 Å². The molecule has 9 nitrogen and oxygen atoms in total. The first kappa shape index (κ1) is 59.9. The van der Waals surface area contributed by atoms with Crippen LogP contribution in [0.1, 0.15) is 226 Å². The van der Waals surface area contributed by atoms with Gasteiger partial charge in [-0.3, -0.25) is 4.79 Å². The Labute approximate surface area is 392 Å². The molecule has 1 amide bonds. The number of aliphatic hydroxyl groups is 5. The van der Waals surface area contributed by atoms with E-state index in [2.05, 4.69) is 67.8 Å². The number of amides is 1. The van der Waals surface area contributed by atoms with E-state index in [-0.39, 0.29) is 12.5 Å². The molecule has 0 aliphatic carbocycles. The highest BCUT2D eigenvalue weighted by Crippen LogP contribution is 2.23. The molecule has 0 aromatic rings. The van der Waals surface area contributed by atoms with Crippen molar-refractivity contribution in [1.29, 1.82) is 0 Å². The maximum absolute atomic E-state index is 13.0. The molecule has 6 N–H and O–H groups in total. The lowest BCUT2D eigenvalue weighted by atomic mass is 9.99. The smallest absolute Gasteiger partial charge is 0.220 e. The van der Waals surface area contributed by atoms with Gasteiger partial charge in [-0.1, -0.05) is 203 Å². The first-order chi connectivity index (χ1) is 31.3. The summed E-state index contributed by atoms with van der Waals surface area (Å²) in [7, 11) is 0. The Hall–Kier alpha value is -2.11. The van der Waals surface area contributed by atoms with Gasteiger partial charge in [0.25, 0.3) is 0 Å². The second-order valence-electron chi connectivity index (χ2n) is 18.3. The van der Waals surface area contributed by atoms with Crippen molar-refractivity contribution in [2.24, 2.45) is 0 Å². The summed E-state index contributed by atoms with van der Waals surface area (Å²) in [6.45, 7) is 3.74. The zero-order valence-corrected chi connectivity index (χ0v) is 41.0. The van der Waals surface area contributed by atoms with Crippen LogP contribution in [-0.2, 0) is 14.3 Å². The normalized spacial score (nSPS) is 20.5. The Kier molecular flexibility index (Phi) is 41.9. The molecule has 1 heterocycles. The summed E-state index contributed by atoms with van der Waals surface area (Å²) in [5, 5.41) is 54.3. The highest BCUT2D eigenvalue weighted by atomic mass is 16.7. The zero-order chi connectivity index (χ0) is 46.6. The third-order valence-electron chi connectivity index (χ3n) is 12.3. The molecule has 64 heavy (non-hydrogen) atoms. The van der Waals surface area contributed by atoms with Crippen molar-refractivity contribution >= 4 is 5.91 Å². The zero-order valence-electron chi connectivity index (χ0n) is 41.0. The van der Waals surface area contributed by atoms with E-state index < -0.39 is 49.5 Å². The summed E-state index contributed by atoms with van der Waals surface area (Å²) in [4.78, 5) is 13.0. The van der Waals surface area contributed by atoms with E-state index in [1.807, 2.05) is 6.08 Å². The predicted molar refractivity (Wildman–Crippen MR) is 267 cm³/mol. The first-order valence-electron chi connectivity index (χ1n) is 26.5. The summed E-state index contributed by atoms with van der Waals surface area (Å²) in [5.41, 5.74) is 0. The van der Waals surface area contributed by atoms with Gasteiger partial charge in [-0.2, -0.15) is 0 Å². The molecule has 1 aliphatic heterocycles. The molecule has 0 aromatic heterocycles. The number of aliphatic hydroxyl groups excluding tert-OH is 5. The van der Waals surface area contributed by atoms with E-state index in [4.69, 9.17) is 9.47 Å². The largest absolute Gasteiger partial charge is 0.394 e. The van der Waals surface area contributed by atoms with Crippen molar-refractivity contribution in [3.63, 3.8) is 0 Å². The minimum atomic E-state index is -1.58. The number of hydrogen-bond donors (Lipinski definition) is 6. The second kappa shape index (κ2) is 44.7. The van der Waals surface area contributed by atoms with Crippen molar-refractivity contribution < 1.29 is 39.8 Å². The Bertz CT molecular complexity index is 1180. The van der Waals surface area contributed by atoms with Crippen LogP contribution in [0, 0.1) is 0 Å². The minimum Gasteiger partial charge on any atom is -0.394 e. The van der Waals surface area contributed by atoms with Gasteiger partial charge in [-0.15, -0.1) is 0 Å². The molecule has 0 spiro atoms. The Balaban J connectivity index is 2.31. The first-order valence-corrected chi connectivity index (χ1v) is 26.5. The van der Waals surface area contributed by atoms with Crippen molar-refractivity contribution in [2.45, 2.75) is 269 Å². The van der Waals surface area contributed by atoms with Gasteiger partial charge in [0, 0.05) is 6.42 Å². The predicted octanol–water partition coefficient (Wildman–Crippen LogP) is 12.3. The van der Waals surface area contributed by atoms with Gasteiger partial charge in [-0.05, 0) is 77.0 Å². The molecule has 9 heteroatoms. The molecule has 0 radical (unpaired) electrons. The molecule has 372 valence electrons. The maximum atomic E-state index is 13.0. The fourth-order valence-electron chi connectivity index (χ4n) is 8.04.